The molecular formula is C12H15N5O. The molecule has 0 saturated heterocycles. The van der Waals surface area contributed by atoms with Crippen LogP contribution in [0.25, 0.3) is 0 Å². The maximum atomic E-state index is 11.0. The van der Waals surface area contributed by atoms with Gasteiger partial charge in [0, 0.05) is 18.8 Å². The second-order valence-electron chi connectivity index (χ2n) is 4.09. The molecule has 0 bridgehead atoms. The highest BCUT2D eigenvalue weighted by Gasteiger charge is 2.07. The van der Waals surface area contributed by atoms with Gasteiger partial charge in [0.1, 0.15) is 0 Å². The summed E-state index contributed by atoms with van der Waals surface area (Å²) in [5, 5.41) is 7.39. The zero-order valence-electron chi connectivity index (χ0n) is 10.3. The van der Waals surface area contributed by atoms with Crippen LogP contribution in [0.4, 0.5) is 17.1 Å². The largest absolute Gasteiger partial charge is 0.397 e. The number of hydrogen-bond acceptors (Lipinski definition) is 4. The summed E-state index contributed by atoms with van der Waals surface area (Å²) in [7, 11) is 1.84. The monoisotopic (exact) mass is 245 g/mol. The lowest BCUT2D eigenvalue weighted by molar-refractivity contribution is 0.100. The molecule has 2 rings (SSSR count). The number of amides is 1. The van der Waals surface area contributed by atoms with E-state index < -0.39 is 5.91 Å². The molecule has 0 spiro atoms. The SMILES string of the molecule is Cc1nn(C)cc1Nc1ccc(C(N)=O)cc1N. The molecule has 0 saturated carbocycles. The van der Waals surface area contributed by atoms with Crippen molar-refractivity contribution in [3.8, 4) is 0 Å². The van der Waals surface area contributed by atoms with E-state index in [-0.39, 0.29) is 0 Å². The number of nitrogens with two attached hydrogens (primary N) is 2. The predicted molar refractivity (Wildman–Crippen MR) is 70.6 cm³/mol. The van der Waals surface area contributed by atoms with Crippen molar-refractivity contribution in [2.45, 2.75) is 6.92 Å². The number of carbonyl (C=O) groups excluding carboxylic acids is 1. The summed E-state index contributed by atoms with van der Waals surface area (Å²) in [5.74, 6) is -0.495. The van der Waals surface area contributed by atoms with Crippen molar-refractivity contribution in [3.05, 3.63) is 35.7 Å². The quantitative estimate of drug-likeness (QED) is 0.706. The molecule has 0 radical (unpaired) electrons. The van der Waals surface area contributed by atoms with Crippen molar-refractivity contribution in [1.82, 2.24) is 9.78 Å². The van der Waals surface area contributed by atoms with Crippen molar-refractivity contribution in [1.29, 1.82) is 0 Å². The minimum absolute atomic E-state index is 0.390. The van der Waals surface area contributed by atoms with Gasteiger partial charge in [0.2, 0.25) is 5.91 Å². The highest BCUT2D eigenvalue weighted by molar-refractivity contribution is 5.95. The lowest BCUT2D eigenvalue weighted by atomic mass is 10.1. The molecule has 2 aromatic rings. The van der Waals surface area contributed by atoms with E-state index in [0.29, 0.717) is 11.3 Å². The van der Waals surface area contributed by atoms with E-state index in [1.807, 2.05) is 20.2 Å². The number of nitrogen functional groups attached to an aromatic ring is 1. The van der Waals surface area contributed by atoms with Crippen LogP contribution >= 0.6 is 0 Å². The Hall–Kier alpha value is -2.50. The van der Waals surface area contributed by atoms with Crippen molar-refractivity contribution in [2.75, 3.05) is 11.1 Å². The van der Waals surface area contributed by atoms with Gasteiger partial charge in [0.25, 0.3) is 0 Å². The standard InChI is InChI=1S/C12H15N5O/c1-7-11(6-17(2)16-7)15-10-4-3-8(12(14)18)5-9(10)13/h3-6,15H,13H2,1-2H3,(H2,14,18). The zero-order valence-corrected chi connectivity index (χ0v) is 10.3. The van der Waals surface area contributed by atoms with Gasteiger partial charge in [0.15, 0.2) is 0 Å². The van der Waals surface area contributed by atoms with Gasteiger partial charge in [-0.1, -0.05) is 0 Å². The first kappa shape index (κ1) is 12.0. The molecule has 1 aromatic heterocycles. The van der Waals surface area contributed by atoms with Crippen LogP contribution in [0.15, 0.2) is 24.4 Å². The molecule has 1 heterocycles. The second-order valence-corrected chi connectivity index (χ2v) is 4.09. The smallest absolute Gasteiger partial charge is 0.248 e. The number of aryl methyl sites for hydroxylation is 2. The van der Waals surface area contributed by atoms with Crippen molar-refractivity contribution >= 4 is 23.0 Å². The van der Waals surface area contributed by atoms with E-state index in [9.17, 15) is 4.79 Å². The first-order chi connectivity index (χ1) is 8.47. The van der Waals surface area contributed by atoms with Gasteiger partial charge in [0.05, 0.1) is 22.8 Å². The molecule has 5 N–H and O–H groups in total. The minimum Gasteiger partial charge on any atom is -0.397 e. The predicted octanol–water partition coefficient (Wildman–Crippen LogP) is 1.15. The summed E-state index contributed by atoms with van der Waals surface area (Å²) >= 11 is 0. The molecule has 0 fully saturated rings. The molecular weight excluding hydrogens is 230 g/mol. The van der Waals surface area contributed by atoms with Gasteiger partial charge < -0.3 is 16.8 Å². The van der Waals surface area contributed by atoms with Crippen molar-refractivity contribution in [3.63, 3.8) is 0 Å². The Morgan fingerprint density at radius 1 is 1.39 bits per heavy atom. The van der Waals surface area contributed by atoms with E-state index in [4.69, 9.17) is 11.5 Å². The molecule has 0 aliphatic rings. The summed E-state index contributed by atoms with van der Waals surface area (Å²) < 4.78 is 1.71. The number of rotatable bonds is 3. The number of primary amides is 1. The zero-order chi connectivity index (χ0) is 13.3. The first-order valence-electron chi connectivity index (χ1n) is 5.44. The van der Waals surface area contributed by atoms with Gasteiger partial charge in [-0.15, -0.1) is 0 Å². The van der Waals surface area contributed by atoms with Crippen LogP contribution in [-0.2, 0) is 7.05 Å². The maximum absolute atomic E-state index is 11.0. The van der Waals surface area contributed by atoms with Crippen LogP contribution in [0.2, 0.25) is 0 Å². The number of anilines is 3. The average molecular weight is 245 g/mol. The normalized spacial score (nSPS) is 10.3. The van der Waals surface area contributed by atoms with Gasteiger partial charge >= 0.3 is 0 Å². The number of benzene rings is 1. The van der Waals surface area contributed by atoms with Crippen LogP contribution < -0.4 is 16.8 Å². The van der Waals surface area contributed by atoms with Crippen molar-refractivity contribution < 1.29 is 4.79 Å². The van der Waals surface area contributed by atoms with Gasteiger partial charge in [-0.3, -0.25) is 9.48 Å². The minimum atomic E-state index is -0.495. The summed E-state index contributed by atoms with van der Waals surface area (Å²) in [5.41, 5.74) is 14.4. The fraction of sp³-hybridized carbons (Fsp3) is 0.167. The van der Waals surface area contributed by atoms with Crippen LogP contribution in [0, 0.1) is 6.92 Å². The van der Waals surface area contributed by atoms with E-state index in [1.165, 1.54) is 0 Å². The van der Waals surface area contributed by atoms with Crippen molar-refractivity contribution in [2.24, 2.45) is 12.8 Å². The molecule has 0 aliphatic carbocycles. The molecule has 1 aromatic carbocycles. The van der Waals surface area contributed by atoms with E-state index in [0.717, 1.165) is 17.1 Å². The topological polar surface area (TPSA) is 99.0 Å². The molecule has 1 amide bonds. The third-order valence-electron chi connectivity index (χ3n) is 2.62. The summed E-state index contributed by atoms with van der Waals surface area (Å²) in [6, 6.07) is 4.91. The highest BCUT2D eigenvalue weighted by Crippen LogP contribution is 2.25. The third kappa shape index (κ3) is 2.27. The van der Waals surface area contributed by atoms with Crippen LogP contribution in [0.5, 0.6) is 0 Å². The Balaban J connectivity index is 2.30. The number of hydrogen-bond donors (Lipinski definition) is 3. The maximum Gasteiger partial charge on any atom is 0.248 e. The first-order valence-corrected chi connectivity index (χ1v) is 5.44. The number of carbonyl (C=O) groups is 1. The number of nitrogens with zero attached hydrogens (tertiary/aromatic N) is 2. The molecule has 6 nitrogen and oxygen atoms in total. The lowest BCUT2D eigenvalue weighted by Gasteiger charge is -2.09. The Morgan fingerprint density at radius 2 is 2.11 bits per heavy atom. The fourth-order valence-corrected chi connectivity index (χ4v) is 1.70. The van der Waals surface area contributed by atoms with Crippen LogP contribution in [0.3, 0.4) is 0 Å². The molecule has 18 heavy (non-hydrogen) atoms. The summed E-state index contributed by atoms with van der Waals surface area (Å²) in [4.78, 5) is 11.0. The van der Waals surface area contributed by atoms with E-state index >= 15 is 0 Å². The van der Waals surface area contributed by atoms with Gasteiger partial charge in [-0.05, 0) is 25.1 Å². The third-order valence-corrected chi connectivity index (χ3v) is 2.62. The summed E-state index contributed by atoms with van der Waals surface area (Å²) in [6.07, 6.45) is 1.86. The Kier molecular flexibility index (Phi) is 2.93. The number of aromatic nitrogens is 2. The number of nitrogens with one attached hydrogen (secondary N) is 1. The van der Waals surface area contributed by atoms with Crippen LogP contribution in [-0.4, -0.2) is 15.7 Å². The fourth-order valence-electron chi connectivity index (χ4n) is 1.70. The molecule has 0 unspecified atom stereocenters. The Labute approximate surface area is 105 Å². The van der Waals surface area contributed by atoms with Gasteiger partial charge in [-0.25, -0.2) is 0 Å². The lowest BCUT2D eigenvalue weighted by Crippen LogP contribution is -2.11. The molecule has 6 heteroatoms. The van der Waals surface area contributed by atoms with Crippen LogP contribution in [0.1, 0.15) is 16.1 Å². The summed E-state index contributed by atoms with van der Waals surface area (Å²) in [6.45, 7) is 1.90. The van der Waals surface area contributed by atoms with E-state index in [2.05, 4.69) is 10.4 Å². The molecule has 0 aliphatic heterocycles. The molecule has 0 atom stereocenters. The van der Waals surface area contributed by atoms with E-state index in [1.54, 1.807) is 22.9 Å². The average Bonchev–Trinajstić information content (AvgIpc) is 2.60. The van der Waals surface area contributed by atoms with Gasteiger partial charge in [-0.2, -0.15) is 5.10 Å². The Bertz CT molecular complexity index is 603. The Morgan fingerprint density at radius 3 is 2.61 bits per heavy atom. The highest BCUT2D eigenvalue weighted by atomic mass is 16.1. The second kappa shape index (κ2) is 4.40. The molecule has 94 valence electrons.